The topological polar surface area (TPSA) is 74.7 Å². The molecule has 2 aromatic carbocycles. The molecule has 4 rings (SSSR count). The normalized spacial score (nSPS) is 13.6. The Kier molecular flexibility index (Phi) is 6.74. The van der Waals surface area contributed by atoms with Gasteiger partial charge < -0.3 is 19.7 Å². The highest BCUT2D eigenvalue weighted by molar-refractivity contribution is 6.30. The number of anilines is 1. The predicted octanol–water partition coefficient (Wildman–Crippen LogP) is 3.52. The van der Waals surface area contributed by atoms with E-state index in [9.17, 15) is 18.8 Å². The van der Waals surface area contributed by atoms with Crippen molar-refractivity contribution in [1.29, 1.82) is 0 Å². The number of nitrogens with one attached hydrogen (secondary N) is 1. The average molecular weight is 469 g/mol. The molecule has 0 saturated carbocycles. The van der Waals surface area contributed by atoms with Gasteiger partial charge in [-0.2, -0.15) is 0 Å². The van der Waals surface area contributed by atoms with Gasteiger partial charge in [0.1, 0.15) is 18.1 Å². The lowest BCUT2D eigenvalue weighted by Gasteiger charge is -2.35. The molecule has 0 radical (unpaired) electrons. The molecule has 170 valence electrons. The van der Waals surface area contributed by atoms with Gasteiger partial charge in [0.05, 0.1) is 0 Å². The fraction of sp³-hybridized carbons (Fsp3) is 0.208. The Morgan fingerprint density at radius 1 is 0.848 bits per heavy atom. The van der Waals surface area contributed by atoms with Crippen LogP contribution < -0.4 is 5.32 Å². The second kappa shape index (κ2) is 9.87. The Labute approximate surface area is 195 Å². The summed E-state index contributed by atoms with van der Waals surface area (Å²) in [7, 11) is 0. The number of piperazine rings is 1. The van der Waals surface area contributed by atoms with Gasteiger partial charge >= 0.3 is 0 Å². The molecule has 0 bridgehead atoms. The molecular weight excluding hydrogens is 447 g/mol. The SMILES string of the molecule is O=C(Cn1cccc1C(=O)N1CCN(C(=O)c2ccc(F)cc2)CC1)Nc1ccc(Cl)cc1. The molecule has 33 heavy (non-hydrogen) atoms. The van der Waals surface area contributed by atoms with E-state index in [-0.39, 0.29) is 24.3 Å². The molecule has 2 heterocycles. The Hall–Kier alpha value is -3.65. The van der Waals surface area contributed by atoms with Gasteiger partial charge in [-0.25, -0.2) is 4.39 Å². The lowest BCUT2D eigenvalue weighted by molar-refractivity contribution is -0.116. The van der Waals surface area contributed by atoms with Crippen molar-refractivity contribution in [3.63, 3.8) is 0 Å². The van der Waals surface area contributed by atoms with E-state index >= 15 is 0 Å². The van der Waals surface area contributed by atoms with Crippen molar-refractivity contribution >= 4 is 35.0 Å². The van der Waals surface area contributed by atoms with Gasteiger partial charge in [-0.05, 0) is 60.7 Å². The number of carbonyl (C=O) groups is 3. The van der Waals surface area contributed by atoms with Crippen LogP contribution in [0, 0.1) is 5.82 Å². The summed E-state index contributed by atoms with van der Waals surface area (Å²) in [5, 5.41) is 3.35. The van der Waals surface area contributed by atoms with Gasteiger partial charge in [0.25, 0.3) is 11.8 Å². The molecule has 1 aliphatic heterocycles. The summed E-state index contributed by atoms with van der Waals surface area (Å²) < 4.78 is 14.7. The lowest BCUT2D eigenvalue weighted by atomic mass is 10.1. The first-order valence-corrected chi connectivity index (χ1v) is 10.8. The van der Waals surface area contributed by atoms with E-state index in [4.69, 9.17) is 11.6 Å². The Morgan fingerprint density at radius 2 is 1.45 bits per heavy atom. The maximum atomic E-state index is 13.1. The van der Waals surface area contributed by atoms with E-state index in [0.29, 0.717) is 48.1 Å². The maximum Gasteiger partial charge on any atom is 0.270 e. The Bertz CT molecular complexity index is 1150. The zero-order valence-electron chi connectivity index (χ0n) is 17.7. The van der Waals surface area contributed by atoms with Crippen LogP contribution >= 0.6 is 11.6 Å². The van der Waals surface area contributed by atoms with Crippen molar-refractivity contribution in [2.45, 2.75) is 6.54 Å². The first-order valence-electron chi connectivity index (χ1n) is 10.5. The average Bonchev–Trinajstić information content (AvgIpc) is 3.28. The first kappa shape index (κ1) is 22.5. The molecule has 1 N–H and O–H groups in total. The van der Waals surface area contributed by atoms with Gasteiger partial charge in [-0.15, -0.1) is 0 Å². The van der Waals surface area contributed by atoms with Crippen LogP contribution in [0.5, 0.6) is 0 Å². The number of rotatable bonds is 5. The zero-order chi connectivity index (χ0) is 23.4. The van der Waals surface area contributed by atoms with Crippen molar-refractivity contribution in [1.82, 2.24) is 14.4 Å². The molecule has 0 spiro atoms. The molecule has 0 aliphatic carbocycles. The fourth-order valence-electron chi connectivity index (χ4n) is 3.68. The molecule has 0 unspecified atom stereocenters. The van der Waals surface area contributed by atoms with Gasteiger partial charge in [0.15, 0.2) is 0 Å². The molecule has 7 nitrogen and oxygen atoms in total. The molecule has 3 aromatic rings. The largest absolute Gasteiger partial charge is 0.335 e. The van der Waals surface area contributed by atoms with Crippen LogP contribution in [0.4, 0.5) is 10.1 Å². The molecule has 1 aromatic heterocycles. The van der Waals surface area contributed by atoms with Crippen LogP contribution in [0.1, 0.15) is 20.8 Å². The van der Waals surface area contributed by atoms with E-state index < -0.39 is 5.82 Å². The number of nitrogens with zero attached hydrogens (tertiary/aromatic N) is 3. The molecule has 1 saturated heterocycles. The Morgan fingerprint density at radius 3 is 2.09 bits per heavy atom. The number of halogens is 2. The second-order valence-corrected chi connectivity index (χ2v) is 8.10. The van der Waals surface area contributed by atoms with Gasteiger partial charge in [-0.1, -0.05) is 11.6 Å². The van der Waals surface area contributed by atoms with Crippen molar-refractivity contribution in [2.75, 3.05) is 31.5 Å². The molecule has 1 aliphatic rings. The third-order valence-corrected chi connectivity index (χ3v) is 5.69. The van der Waals surface area contributed by atoms with Crippen LogP contribution in [-0.4, -0.2) is 58.3 Å². The molecule has 9 heteroatoms. The van der Waals surface area contributed by atoms with Crippen LogP contribution in [0.3, 0.4) is 0 Å². The summed E-state index contributed by atoms with van der Waals surface area (Å²) in [5.74, 6) is -1.05. The van der Waals surface area contributed by atoms with Gasteiger partial charge in [0, 0.05) is 48.6 Å². The Balaban J connectivity index is 1.34. The summed E-state index contributed by atoms with van der Waals surface area (Å²) in [6, 6.07) is 15.6. The monoisotopic (exact) mass is 468 g/mol. The van der Waals surface area contributed by atoms with Crippen molar-refractivity contribution in [3.05, 3.63) is 89.0 Å². The quantitative estimate of drug-likeness (QED) is 0.622. The van der Waals surface area contributed by atoms with Crippen LogP contribution in [0.25, 0.3) is 0 Å². The number of aromatic nitrogens is 1. The van der Waals surface area contributed by atoms with E-state index in [1.54, 1.807) is 57.0 Å². The predicted molar refractivity (Wildman–Crippen MR) is 123 cm³/mol. The second-order valence-electron chi connectivity index (χ2n) is 7.67. The molecule has 3 amide bonds. The third-order valence-electron chi connectivity index (χ3n) is 5.44. The van der Waals surface area contributed by atoms with Crippen LogP contribution in [0.2, 0.25) is 5.02 Å². The number of hydrogen-bond donors (Lipinski definition) is 1. The number of amides is 3. The summed E-state index contributed by atoms with van der Waals surface area (Å²) in [5.41, 5.74) is 1.43. The highest BCUT2D eigenvalue weighted by Gasteiger charge is 2.27. The summed E-state index contributed by atoms with van der Waals surface area (Å²) in [6.07, 6.45) is 1.68. The van der Waals surface area contributed by atoms with Crippen LogP contribution in [-0.2, 0) is 11.3 Å². The zero-order valence-corrected chi connectivity index (χ0v) is 18.5. The van der Waals surface area contributed by atoms with E-state index in [0.717, 1.165) is 0 Å². The summed E-state index contributed by atoms with van der Waals surface area (Å²) >= 11 is 5.86. The number of hydrogen-bond acceptors (Lipinski definition) is 3. The minimum atomic E-state index is -0.396. The highest BCUT2D eigenvalue weighted by atomic mass is 35.5. The van der Waals surface area contributed by atoms with Crippen LogP contribution in [0.15, 0.2) is 66.9 Å². The summed E-state index contributed by atoms with van der Waals surface area (Å²) in [6.45, 7) is 1.47. The molecule has 0 atom stereocenters. The highest BCUT2D eigenvalue weighted by Crippen LogP contribution is 2.15. The van der Waals surface area contributed by atoms with E-state index in [1.165, 1.54) is 24.3 Å². The van der Waals surface area contributed by atoms with E-state index in [2.05, 4.69) is 5.32 Å². The lowest BCUT2D eigenvalue weighted by Crippen LogP contribution is -2.51. The van der Waals surface area contributed by atoms with Gasteiger partial charge in [0.2, 0.25) is 5.91 Å². The first-order chi connectivity index (χ1) is 15.9. The molecule has 1 fully saturated rings. The van der Waals surface area contributed by atoms with Gasteiger partial charge in [-0.3, -0.25) is 14.4 Å². The number of benzene rings is 2. The third kappa shape index (κ3) is 5.40. The fourth-order valence-corrected chi connectivity index (χ4v) is 3.81. The number of carbonyl (C=O) groups excluding carboxylic acids is 3. The van der Waals surface area contributed by atoms with Crippen molar-refractivity contribution < 1.29 is 18.8 Å². The summed E-state index contributed by atoms with van der Waals surface area (Å²) in [4.78, 5) is 41.4. The standard InChI is InChI=1S/C24H22ClFN4O3/c25-18-5-9-20(10-6-18)27-22(31)16-30-11-1-2-21(30)24(33)29-14-12-28(13-15-29)23(32)17-3-7-19(26)8-4-17/h1-11H,12-16H2,(H,27,31). The smallest absolute Gasteiger partial charge is 0.270 e. The minimum absolute atomic E-state index is 0.0142. The van der Waals surface area contributed by atoms with Crippen molar-refractivity contribution in [2.24, 2.45) is 0 Å². The van der Waals surface area contributed by atoms with Crippen molar-refractivity contribution in [3.8, 4) is 0 Å². The maximum absolute atomic E-state index is 13.1. The van der Waals surface area contributed by atoms with E-state index in [1.807, 2.05) is 0 Å². The molecular formula is C24H22ClFN4O3. The minimum Gasteiger partial charge on any atom is -0.335 e.